The molecule has 1 heterocycles. The molecule has 0 atom stereocenters. The molecule has 0 saturated heterocycles. The lowest BCUT2D eigenvalue weighted by Crippen LogP contribution is -2.24. The number of halogens is 3. The van der Waals surface area contributed by atoms with Crippen LogP contribution in [0.1, 0.15) is 27.4 Å². The molecule has 0 fully saturated rings. The van der Waals surface area contributed by atoms with Crippen LogP contribution < -0.4 is 5.32 Å². The van der Waals surface area contributed by atoms with Gasteiger partial charge in [0.15, 0.2) is 17.5 Å². The Morgan fingerprint density at radius 1 is 1.25 bits per heavy atom. The van der Waals surface area contributed by atoms with Crippen LogP contribution in [0.15, 0.2) is 16.7 Å². The summed E-state index contributed by atoms with van der Waals surface area (Å²) in [6.45, 7) is 3.41. The summed E-state index contributed by atoms with van der Waals surface area (Å²) < 4.78 is 44.1. The number of hydrogen-bond acceptors (Lipinski definition) is 3. The van der Waals surface area contributed by atoms with Crippen molar-refractivity contribution in [2.24, 2.45) is 0 Å². The van der Waals surface area contributed by atoms with E-state index < -0.39 is 28.9 Å². The van der Waals surface area contributed by atoms with Gasteiger partial charge in [-0.3, -0.25) is 4.79 Å². The highest BCUT2D eigenvalue weighted by molar-refractivity contribution is 5.94. The summed E-state index contributed by atoms with van der Waals surface area (Å²) in [7, 11) is 0. The third-order valence-corrected chi connectivity index (χ3v) is 2.89. The fourth-order valence-corrected chi connectivity index (χ4v) is 1.72. The molecule has 4 nitrogen and oxygen atoms in total. The maximum absolute atomic E-state index is 13.4. The molecule has 0 aliphatic heterocycles. The first-order chi connectivity index (χ1) is 9.41. The molecule has 0 aliphatic carbocycles. The van der Waals surface area contributed by atoms with Crippen LogP contribution in [0.5, 0.6) is 0 Å². The first kappa shape index (κ1) is 14.1. The van der Waals surface area contributed by atoms with Gasteiger partial charge in [0.05, 0.1) is 11.3 Å². The van der Waals surface area contributed by atoms with Gasteiger partial charge in [-0.05, 0) is 26.0 Å². The monoisotopic (exact) mass is 284 g/mol. The molecule has 1 aromatic heterocycles. The third-order valence-electron chi connectivity index (χ3n) is 2.89. The van der Waals surface area contributed by atoms with Crippen molar-refractivity contribution in [1.29, 1.82) is 0 Å². The largest absolute Gasteiger partial charge is 0.361 e. The van der Waals surface area contributed by atoms with Crippen molar-refractivity contribution >= 4 is 5.91 Å². The van der Waals surface area contributed by atoms with Crippen LogP contribution in [0.3, 0.4) is 0 Å². The molecule has 2 rings (SSSR count). The van der Waals surface area contributed by atoms with Crippen LogP contribution >= 0.6 is 0 Å². The average molecular weight is 284 g/mol. The average Bonchev–Trinajstić information content (AvgIpc) is 2.73. The van der Waals surface area contributed by atoms with E-state index in [1.54, 1.807) is 13.8 Å². The van der Waals surface area contributed by atoms with Gasteiger partial charge in [-0.25, -0.2) is 13.2 Å². The number of benzene rings is 1. The van der Waals surface area contributed by atoms with Crippen LogP contribution in [0.25, 0.3) is 0 Å². The van der Waals surface area contributed by atoms with Gasteiger partial charge in [0.2, 0.25) is 0 Å². The topological polar surface area (TPSA) is 55.1 Å². The van der Waals surface area contributed by atoms with E-state index in [4.69, 9.17) is 4.52 Å². The first-order valence-electron chi connectivity index (χ1n) is 5.75. The van der Waals surface area contributed by atoms with E-state index in [-0.39, 0.29) is 6.54 Å². The second-order valence-electron chi connectivity index (χ2n) is 4.21. The van der Waals surface area contributed by atoms with E-state index >= 15 is 0 Å². The zero-order chi connectivity index (χ0) is 14.9. The highest BCUT2D eigenvalue weighted by Crippen LogP contribution is 2.16. The lowest BCUT2D eigenvalue weighted by Gasteiger charge is -2.06. The Balaban J connectivity index is 2.16. The Hall–Kier alpha value is -2.31. The fourth-order valence-electron chi connectivity index (χ4n) is 1.72. The zero-order valence-electron chi connectivity index (χ0n) is 10.8. The van der Waals surface area contributed by atoms with Gasteiger partial charge in [-0.15, -0.1) is 0 Å². The van der Waals surface area contributed by atoms with E-state index in [0.717, 1.165) is 6.07 Å². The molecule has 0 aliphatic rings. The molecule has 2 aromatic rings. The van der Waals surface area contributed by atoms with Crippen LogP contribution in [-0.4, -0.2) is 11.1 Å². The normalized spacial score (nSPS) is 10.7. The summed E-state index contributed by atoms with van der Waals surface area (Å²) in [4.78, 5) is 11.8. The molecule has 0 spiro atoms. The van der Waals surface area contributed by atoms with Gasteiger partial charge in [0.25, 0.3) is 5.91 Å². The predicted octanol–water partition coefficient (Wildman–Crippen LogP) is 2.64. The number of aryl methyl sites for hydroxylation is 2. The second-order valence-corrected chi connectivity index (χ2v) is 4.21. The molecule has 0 bridgehead atoms. The summed E-state index contributed by atoms with van der Waals surface area (Å²) in [5, 5.41) is 6.10. The minimum absolute atomic E-state index is 0.0540. The van der Waals surface area contributed by atoms with Crippen LogP contribution in [-0.2, 0) is 6.54 Å². The van der Waals surface area contributed by atoms with Crippen molar-refractivity contribution in [3.8, 4) is 0 Å². The number of nitrogens with zero attached hydrogens (tertiary/aromatic N) is 1. The van der Waals surface area contributed by atoms with Crippen LogP contribution in [0, 0.1) is 31.3 Å². The van der Waals surface area contributed by atoms with Crippen LogP contribution in [0.4, 0.5) is 13.2 Å². The first-order valence-corrected chi connectivity index (χ1v) is 5.75. The minimum Gasteiger partial charge on any atom is -0.361 e. The Morgan fingerprint density at radius 3 is 2.55 bits per heavy atom. The van der Waals surface area contributed by atoms with Crippen molar-refractivity contribution in [2.75, 3.05) is 0 Å². The van der Waals surface area contributed by atoms with Gasteiger partial charge >= 0.3 is 0 Å². The summed E-state index contributed by atoms with van der Waals surface area (Å²) in [6.07, 6.45) is 0. The number of carbonyl (C=O) groups is 1. The molecule has 20 heavy (non-hydrogen) atoms. The fraction of sp³-hybridized carbons (Fsp3) is 0.231. The van der Waals surface area contributed by atoms with E-state index in [2.05, 4.69) is 10.5 Å². The molecular weight excluding hydrogens is 273 g/mol. The van der Waals surface area contributed by atoms with Gasteiger partial charge < -0.3 is 9.84 Å². The zero-order valence-corrected chi connectivity index (χ0v) is 10.8. The van der Waals surface area contributed by atoms with E-state index in [0.29, 0.717) is 23.1 Å². The highest BCUT2D eigenvalue weighted by Gasteiger charge is 2.19. The van der Waals surface area contributed by atoms with Crippen LogP contribution in [0.2, 0.25) is 0 Å². The highest BCUT2D eigenvalue weighted by atomic mass is 19.2. The van der Waals surface area contributed by atoms with E-state index in [1.807, 2.05) is 0 Å². The van der Waals surface area contributed by atoms with Gasteiger partial charge in [0.1, 0.15) is 5.76 Å². The summed E-state index contributed by atoms with van der Waals surface area (Å²) >= 11 is 0. The number of aromatic nitrogens is 1. The van der Waals surface area contributed by atoms with Gasteiger partial charge in [-0.1, -0.05) is 5.16 Å². The minimum atomic E-state index is -1.67. The second kappa shape index (κ2) is 5.36. The molecular formula is C13H11F3N2O2. The molecule has 106 valence electrons. The quantitative estimate of drug-likeness (QED) is 0.881. The number of carbonyl (C=O) groups excluding carboxylic acids is 1. The number of nitrogens with one attached hydrogen (secondary N) is 1. The van der Waals surface area contributed by atoms with E-state index in [9.17, 15) is 18.0 Å². The molecule has 1 N–H and O–H groups in total. The lowest BCUT2D eigenvalue weighted by molar-refractivity contribution is 0.0945. The summed E-state index contributed by atoms with van der Waals surface area (Å²) in [5.74, 6) is -4.85. The maximum Gasteiger partial charge on any atom is 0.254 e. The predicted molar refractivity (Wildman–Crippen MR) is 63.5 cm³/mol. The van der Waals surface area contributed by atoms with Crippen molar-refractivity contribution in [3.05, 3.63) is 52.2 Å². The van der Waals surface area contributed by atoms with Crippen molar-refractivity contribution in [1.82, 2.24) is 10.5 Å². The van der Waals surface area contributed by atoms with Crippen molar-refractivity contribution in [2.45, 2.75) is 20.4 Å². The van der Waals surface area contributed by atoms with Gasteiger partial charge in [-0.2, -0.15) is 0 Å². The SMILES string of the molecule is Cc1noc(C)c1CNC(=O)c1ccc(F)c(F)c1F. The van der Waals surface area contributed by atoms with Crippen molar-refractivity contribution in [3.63, 3.8) is 0 Å². The van der Waals surface area contributed by atoms with Gasteiger partial charge in [0, 0.05) is 12.1 Å². The molecule has 1 aromatic carbocycles. The van der Waals surface area contributed by atoms with E-state index in [1.165, 1.54) is 0 Å². The molecule has 0 radical (unpaired) electrons. The molecule has 7 heteroatoms. The Kier molecular flexibility index (Phi) is 3.78. The lowest BCUT2D eigenvalue weighted by atomic mass is 10.1. The third kappa shape index (κ3) is 2.52. The molecule has 1 amide bonds. The molecule has 0 saturated carbocycles. The molecule has 0 unspecified atom stereocenters. The Labute approximate surface area is 112 Å². The Morgan fingerprint density at radius 2 is 1.95 bits per heavy atom. The number of hydrogen-bond donors (Lipinski definition) is 1. The number of rotatable bonds is 3. The maximum atomic E-state index is 13.4. The smallest absolute Gasteiger partial charge is 0.254 e. The standard InChI is InChI=1S/C13H11F3N2O2/c1-6-9(7(2)20-18-6)5-17-13(19)8-3-4-10(14)12(16)11(8)15/h3-4H,5H2,1-2H3,(H,17,19). The summed E-state index contributed by atoms with van der Waals surface area (Å²) in [6, 6.07) is 1.58. The number of amides is 1. The Bertz CT molecular complexity index is 648. The van der Waals surface area contributed by atoms with Crippen molar-refractivity contribution < 1.29 is 22.5 Å². The summed E-state index contributed by atoms with van der Waals surface area (Å²) in [5.41, 5.74) is 0.686.